The van der Waals surface area contributed by atoms with Gasteiger partial charge in [0.25, 0.3) is 0 Å². The van der Waals surface area contributed by atoms with Crippen LogP contribution in [0.2, 0.25) is 5.02 Å². The molecule has 0 heterocycles. The van der Waals surface area contributed by atoms with Crippen LogP contribution in [-0.2, 0) is 6.61 Å². The Bertz CT molecular complexity index is 672. The zero-order valence-electron chi connectivity index (χ0n) is 10.7. The summed E-state index contributed by atoms with van der Waals surface area (Å²) < 4.78 is 32.2. The van der Waals surface area contributed by atoms with E-state index < -0.39 is 11.6 Å². The first-order valence-electron chi connectivity index (χ1n) is 5.86. The molecule has 0 saturated heterocycles. The van der Waals surface area contributed by atoms with E-state index in [1.54, 1.807) is 0 Å². The first-order valence-corrected chi connectivity index (χ1v) is 6.24. The Morgan fingerprint density at radius 1 is 1.24 bits per heavy atom. The van der Waals surface area contributed by atoms with Gasteiger partial charge in [0.15, 0.2) is 5.84 Å². The molecule has 0 aliphatic carbocycles. The van der Waals surface area contributed by atoms with Crippen molar-refractivity contribution in [2.75, 3.05) is 0 Å². The van der Waals surface area contributed by atoms with Crippen LogP contribution < -0.4 is 10.5 Å². The molecule has 0 radical (unpaired) electrons. The van der Waals surface area contributed by atoms with Gasteiger partial charge in [0.1, 0.15) is 24.0 Å². The lowest BCUT2D eigenvalue weighted by atomic mass is 10.2. The summed E-state index contributed by atoms with van der Waals surface area (Å²) in [5.74, 6) is -1.27. The molecule has 0 aliphatic rings. The maximum Gasteiger partial charge on any atom is 0.170 e. The number of ether oxygens (including phenoxy) is 1. The molecule has 110 valence electrons. The molecular formula is C14H11ClF2N2O2. The highest BCUT2D eigenvalue weighted by atomic mass is 35.5. The van der Waals surface area contributed by atoms with E-state index >= 15 is 0 Å². The number of nitrogens with two attached hydrogens (primary N) is 1. The Kier molecular flexibility index (Phi) is 4.59. The summed E-state index contributed by atoms with van der Waals surface area (Å²) in [6, 6.07) is 7.95. The molecule has 3 N–H and O–H groups in total. The Morgan fingerprint density at radius 2 is 1.90 bits per heavy atom. The zero-order valence-corrected chi connectivity index (χ0v) is 11.4. The van der Waals surface area contributed by atoms with E-state index in [9.17, 15) is 8.78 Å². The second-order valence-electron chi connectivity index (χ2n) is 4.12. The molecule has 0 saturated carbocycles. The lowest BCUT2D eigenvalue weighted by molar-refractivity contribution is 0.292. The largest absolute Gasteiger partial charge is 0.487 e. The zero-order chi connectivity index (χ0) is 15.4. The maximum absolute atomic E-state index is 13.5. The van der Waals surface area contributed by atoms with Gasteiger partial charge in [-0.1, -0.05) is 22.8 Å². The summed E-state index contributed by atoms with van der Waals surface area (Å²) in [7, 11) is 0. The SMILES string of the molecule is N/C(=N/O)c1ccc(OCc2c(F)cccc2F)c(Cl)c1. The first kappa shape index (κ1) is 15.1. The summed E-state index contributed by atoms with van der Waals surface area (Å²) in [5.41, 5.74) is 5.63. The number of rotatable bonds is 4. The molecule has 2 aromatic carbocycles. The number of amidine groups is 1. The molecule has 0 bridgehead atoms. The molecule has 7 heteroatoms. The highest BCUT2D eigenvalue weighted by Gasteiger charge is 2.11. The number of hydrogen-bond donors (Lipinski definition) is 2. The Morgan fingerprint density at radius 3 is 2.48 bits per heavy atom. The van der Waals surface area contributed by atoms with Gasteiger partial charge in [-0.2, -0.15) is 0 Å². The second kappa shape index (κ2) is 6.41. The highest BCUT2D eigenvalue weighted by molar-refractivity contribution is 6.32. The van der Waals surface area contributed by atoms with Crippen LogP contribution in [0.25, 0.3) is 0 Å². The van der Waals surface area contributed by atoms with Gasteiger partial charge in [-0.25, -0.2) is 8.78 Å². The number of nitrogens with zero attached hydrogens (tertiary/aromatic N) is 1. The monoisotopic (exact) mass is 312 g/mol. The number of hydrogen-bond acceptors (Lipinski definition) is 3. The lowest BCUT2D eigenvalue weighted by Gasteiger charge is -2.10. The summed E-state index contributed by atoms with van der Waals surface area (Å²) in [5, 5.41) is 11.6. The van der Waals surface area contributed by atoms with Crippen molar-refractivity contribution in [2.24, 2.45) is 10.9 Å². The number of benzene rings is 2. The van der Waals surface area contributed by atoms with Crippen molar-refractivity contribution >= 4 is 17.4 Å². The fraction of sp³-hybridized carbons (Fsp3) is 0.0714. The first-order chi connectivity index (χ1) is 10.0. The third kappa shape index (κ3) is 3.41. The van der Waals surface area contributed by atoms with E-state index in [1.165, 1.54) is 24.3 Å². The van der Waals surface area contributed by atoms with Crippen LogP contribution >= 0.6 is 11.6 Å². The third-order valence-electron chi connectivity index (χ3n) is 2.77. The van der Waals surface area contributed by atoms with Crippen LogP contribution in [0.15, 0.2) is 41.6 Å². The van der Waals surface area contributed by atoms with Crippen LogP contribution in [0, 0.1) is 11.6 Å². The van der Waals surface area contributed by atoms with E-state index in [1.807, 2.05) is 0 Å². The van der Waals surface area contributed by atoms with Crippen LogP contribution in [0.3, 0.4) is 0 Å². The highest BCUT2D eigenvalue weighted by Crippen LogP contribution is 2.27. The predicted molar refractivity (Wildman–Crippen MR) is 74.7 cm³/mol. The molecule has 0 unspecified atom stereocenters. The second-order valence-corrected chi connectivity index (χ2v) is 4.53. The van der Waals surface area contributed by atoms with Crippen LogP contribution in [0.4, 0.5) is 8.78 Å². The van der Waals surface area contributed by atoms with Crippen LogP contribution in [0.5, 0.6) is 5.75 Å². The van der Waals surface area contributed by atoms with Crippen molar-refractivity contribution in [2.45, 2.75) is 6.61 Å². The van der Waals surface area contributed by atoms with Crippen molar-refractivity contribution < 1.29 is 18.7 Å². The molecule has 0 aromatic heterocycles. The minimum atomic E-state index is -0.695. The van der Waals surface area contributed by atoms with Gasteiger partial charge >= 0.3 is 0 Å². The maximum atomic E-state index is 13.5. The minimum absolute atomic E-state index is 0.108. The Labute approximate surface area is 124 Å². The summed E-state index contributed by atoms with van der Waals surface area (Å²) in [6.07, 6.45) is 0. The van der Waals surface area contributed by atoms with Gasteiger partial charge in [0, 0.05) is 5.56 Å². The fourth-order valence-corrected chi connectivity index (χ4v) is 1.89. The van der Waals surface area contributed by atoms with Crippen molar-refractivity contribution in [3.05, 3.63) is 64.2 Å². The van der Waals surface area contributed by atoms with E-state index in [0.29, 0.717) is 5.56 Å². The minimum Gasteiger partial charge on any atom is -0.487 e. The summed E-state index contributed by atoms with van der Waals surface area (Å²) in [4.78, 5) is 0. The number of halogens is 3. The van der Waals surface area contributed by atoms with Crippen molar-refractivity contribution in [3.63, 3.8) is 0 Å². The fourth-order valence-electron chi connectivity index (χ4n) is 1.66. The number of oxime groups is 1. The van der Waals surface area contributed by atoms with Crippen molar-refractivity contribution in [1.82, 2.24) is 0 Å². The molecule has 2 aromatic rings. The van der Waals surface area contributed by atoms with E-state index in [2.05, 4.69) is 5.16 Å². The molecule has 0 atom stereocenters. The van der Waals surface area contributed by atoms with Gasteiger partial charge in [0.2, 0.25) is 0 Å². The van der Waals surface area contributed by atoms with Gasteiger partial charge in [-0.15, -0.1) is 0 Å². The van der Waals surface area contributed by atoms with Crippen molar-refractivity contribution in [1.29, 1.82) is 0 Å². The molecule has 2 rings (SSSR count). The predicted octanol–water partition coefficient (Wildman–Crippen LogP) is 3.29. The van der Waals surface area contributed by atoms with E-state index in [4.69, 9.17) is 27.3 Å². The van der Waals surface area contributed by atoms with Gasteiger partial charge in [0.05, 0.1) is 10.6 Å². The smallest absolute Gasteiger partial charge is 0.170 e. The van der Waals surface area contributed by atoms with Gasteiger partial charge in [-0.05, 0) is 30.3 Å². The molecular weight excluding hydrogens is 302 g/mol. The molecule has 21 heavy (non-hydrogen) atoms. The van der Waals surface area contributed by atoms with E-state index in [0.717, 1.165) is 12.1 Å². The quantitative estimate of drug-likeness (QED) is 0.394. The van der Waals surface area contributed by atoms with E-state index in [-0.39, 0.29) is 28.8 Å². The van der Waals surface area contributed by atoms with Crippen LogP contribution in [0.1, 0.15) is 11.1 Å². The standard InChI is InChI=1S/C14H11ClF2N2O2/c15-10-6-8(14(18)19-20)4-5-13(10)21-7-9-11(16)2-1-3-12(9)17/h1-6,20H,7H2,(H2,18,19). The molecule has 0 spiro atoms. The molecule has 0 amide bonds. The summed E-state index contributed by atoms with van der Waals surface area (Å²) >= 11 is 5.97. The molecule has 0 fully saturated rings. The summed E-state index contributed by atoms with van der Waals surface area (Å²) in [6.45, 7) is -0.304. The van der Waals surface area contributed by atoms with Gasteiger partial charge < -0.3 is 15.7 Å². The topological polar surface area (TPSA) is 67.8 Å². The molecule has 0 aliphatic heterocycles. The Hall–Kier alpha value is -2.34. The molecule has 4 nitrogen and oxygen atoms in total. The van der Waals surface area contributed by atoms with Gasteiger partial charge in [-0.3, -0.25) is 0 Å². The van der Waals surface area contributed by atoms with Crippen LogP contribution in [-0.4, -0.2) is 11.0 Å². The third-order valence-corrected chi connectivity index (χ3v) is 3.06. The average Bonchev–Trinajstić information content (AvgIpc) is 2.47. The van der Waals surface area contributed by atoms with Crippen molar-refractivity contribution in [3.8, 4) is 5.75 Å². The lowest BCUT2D eigenvalue weighted by Crippen LogP contribution is -2.13. The Balaban J connectivity index is 2.18. The average molecular weight is 313 g/mol. The normalized spacial score (nSPS) is 11.5.